The van der Waals surface area contributed by atoms with Gasteiger partial charge in [0.15, 0.2) is 0 Å². The van der Waals surface area contributed by atoms with Crippen LogP contribution in [0.5, 0.6) is 0 Å². The Morgan fingerprint density at radius 2 is 1.70 bits per heavy atom. The topological polar surface area (TPSA) is 0 Å². The summed E-state index contributed by atoms with van der Waals surface area (Å²) in [5.74, 6) is 0. The Labute approximate surface area is 123 Å². The van der Waals surface area contributed by atoms with E-state index in [1.807, 2.05) is 0 Å². The molecule has 0 spiro atoms. The van der Waals surface area contributed by atoms with Crippen LogP contribution >= 0.6 is 0 Å². The van der Waals surface area contributed by atoms with Gasteiger partial charge in [-0.3, -0.25) is 0 Å². The third-order valence-corrected chi connectivity index (χ3v) is 5.27. The van der Waals surface area contributed by atoms with Crippen LogP contribution in [-0.2, 0) is 0 Å². The Morgan fingerprint density at radius 1 is 0.900 bits per heavy atom. The zero-order valence-corrected chi connectivity index (χ0v) is 13.1. The Kier molecular flexibility index (Phi) is 3.70. The van der Waals surface area contributed by atoms with Crippen LogP contribution in [-0.4, -0.2) is 8.80 Å². The molecule has 0 unspecified atom stereocenters. The molecule has 1 aliphatic carbocycles. The van der Waals surface area contributed by atoms with Gasteiger partial charge in [-0.1, -0.05) is 85.0 Å². The van der Waals surface area contributed by atoms with Gasteiger partial charge in [0.05, 0.1) is 8.80 Å². The number of hydrogen-bond acceptors (Lipinski definition) is 0. The molecule has 20 heavy (non-hydrogen) atoms. The highest BCUT2D eigenvalue weighted by Gasteiger charge is 2.17. The Balaban J connectivity index is 2.22. The molecule has 1 radical (unpaired) electrons. The Morgan fingerprint density at radius 3 is 2.35 bits per heavy atom. The molecule has 3 rings (SSSR count). The molecule has 0 nitrogen and oxygen atoms in total. The van der Waals surface area contributed by atoms with Crippen molar-refractivity contribution in [2.75, 3.05) is 0 Å². The van der Waals surface area contributed by atoms with Crippen LogP contribution in [0.4, 0.5) is 0 Å². The van der Waals surface area contributed by atoms with Gasteiger partial charge in [-0.05, 0) is 28.7 Å². The largest absolute Gasteiger partial charge is 0.0801 e. The zero-order valence-electron chi connectivity index (χ0n) is 12.1. The fourth-order valence-corrected chi connectivity index (χ4v) is 4.03. The third-order valence-electron chi connectivity index (χ3n) is 3.78. The second-order valence-electron chi connectivity index (χ2n) is 5.42. The molecule has 1 heteroatoms. The molecule has 0 saturated heterocycles. The lowest BCUT2D eigenvalue weighted by molar-refractivity contribution is 1.44. The summed E-state index contributed by atoms with van der Waals surface area (Å²) in [6.45, 7) is 4.75. The maximum Gasteiger partial charge on any atom is 0.0800 e. The van der Waals surface area contributed by atoms with Crippen LogP contribution in [0.2, 0.25) is 13.1 Å². The molecule has 0 atom stereocenters. The second kappa shape index (κ2) is 5.64. The van der Waals surface area contributed by atoms with Crippen LogP contribution < -0.4 is 5.19 Å². The average molecular weight is 275 g/mol. The SMILES string of the molecule is C[Si](C)c1cccc(-c2ccccc2)c1C1=CC=CC1. The summed E-state index contributed by atoms with van der Waals surface area (Å²) in [4.78, 5) is 0. The second-order valence-corrected chi connectivity index (χ2v) is 7.96. The molecular formula is C19H19Si. The normalized spacial score (nSPS) is 13.8. The van der Waals surface area contributed by atoms with Crippen molar-refractivity contribution in [3.8, 4) is 11.1 Å². The third kappa shape index (κ3) is 2.41. The summed E-state index contributed by atoms with van der Waals surface area (Å²) in [5, 5.41) is 1.55. The molecule has 0 N–H and O–H groups in total. The van der Waals surface area contributed by atoms with E-state index in [1.165, 1.54) is 22.3 Å². The van der Waals surface area contributed by atoms with Crippen LogP contribution in [0.25, 0.3) is 16.7 Å². The number of allylic oxidation sites excluding steroid dienone is 4. The first-order valence-corrected chi connectivity index (χ1v) is 9.62. The lowest BCUT2D eigenvalue weighted by atomic mass is 9.94. The quantitative estimate of drug-likeness (QED) is 0.715. The van der Waals surface area contributed by atoms with Gasteiger partial charge >= 0.3 is 0 Å². The predicted octanol–water partition coefficient (Wildman–Crippen LogP) is 4.66. The van der Waals surface area contributed by atoms with E-state index in [-0.39, 0.29) is 0 Å². The van der Waals surface area contributed by atoms with Crippen molar-refractivity contribution in [3.63, 3.8) is 0 Å². The summed E-state index contributed by atoms with van der Waals surface area (Å²) in [6, 6.07) is 17.5. The maximum atomic E-state index is 2.38. The summed E-state index contributed by atoms with van der Waals surface area (Å²) in [5.41, 5.74) is 5.64. The van der Waals surface area contributed by atoms with Crippen molar-refractivity contribution in [2.24, 2.45) is 0 Å². The van der Waals surface area contributed by atoms with Crippen LogP contribution in [0.15, 0.2) is 66.8 Å². The molecule has 0 bridgehead atoms. The molecule has 0 fully saturated rings. The zero-order chi connectivity index (χ0) is 13.9. The fraction of sp³-hybridized carbons (Fsp3) is 0.158. The summed E-state index contributed by atoms with van der Waals surface area (Å²) in [6.07, 6.45) is 7.76. The molecule has 2 aromatic carbocycles. The monoisotopic (exact) mass is 275 g/mol. The molecule has 0 aliphatic heterocycles. The lowest BCUT2D eigenvalue weighted by Crippen LogP contribution is -2.27. The highest BCUT2D eigenvalue weighted by Crippen LogP contribution is 2.31. The first-order chi connectivity index (χ1) is 9.77. The summed E-state index contributed by atoms with van der Waals surface area (Å²) >= 11 is 0. The highest BCUT2D eigenvalue weighted by atomic mass is 28.3. The molecular weight excluding hydrogens is 256 g/mol. The van der Waals surface area contributed by atoms with E-state index in [2.05, 4.69) is 79.9 Å². The Hall–Kier alpha value is -1.86. The number of benzene rings is 2. The lowest BCUT2D eigenvalue weighted by Gasteiger charge is -2.18. The van der Waals surface area contributed by atoms with E-state index in [4.69, 9.17) is 0 Å². The first kappa shape index (κ1) is 13.1. The van der Waals surface area contributed by atoms with Gasteiger partial charge in [0, 0.05) is 0 Å². The van der Waals surface area contributed by atoms with Crippen molar-refractivity contribution >= 4 is 19.6 Å². The van der Waals surface area contributed by atoms with Gasteiger partial charge in [-0.15, -0.1) is 0 Å². The van der Waals surface area contributed by atoms with E-state index in [9.17, 15) is 0 Å². The van der Waals surface area contributed by atoms with Gasteiger partial charge < -0.3 is 0 Å². The molecule has 2 aromatic rings. The van der Waals surface area contributed by atoms with Crippen LogP contribution in [0.1, 0.15) is 12.0 Å². The average Bonchev–Trinajstić information content (AvgIpc) is 3.01. The van der Waals surface area contributed by atoms with Gasteiger partial charge in [0.25, 0.3) is 0 Å². The van der Waals surface area contributed by atoms with E-state index in [1.54, 1.807) is 5.19 Å². The van der Waals surface area contributed by atoms with Gasteiger partial charge in [-0.2, -0.15) is 0 Å². The van der Waals surface area contributed by atoms with E-state index in [0.29, 0.717) is 0 Å². The molecule has 1 aliphatic rings. The van der Waals surface area contributed by atoms with Crippen molar-refractivity contribution in [1.82, 2.24) is 0 Å². The maximum absolute atomic E-state index is 2.38. The van der Waals surface area contributed by atoms with Gasteiger partial charge in [-0.25, -0.2) is 0 Å². The highest BCUT2D eigenvalue weighted by molar-refractivity contribution is 6.71. The van der Waals surface area contributed by atoms with Crippen LogP contribution in [0, 0.1) is 0 Å². The van der Waals surface area contributed by atoms with Crippen molar-refractivity contribution in [3.05, 3.63) is 72.3 Å². The smallest absolute Gasteiger partial charge is 0.0800 e. The fourth-order valence-electron chi connectivity index (χ4n) is 2.81. The van der Waals surface area contributed by atoms with E-state index in [0.717, 1.165) is 6.42 Å². The molecule has 0 heterocycles. The summed E-state index contributed by atoms with van der Waals surface area (Å²) in [7, 11) is -0.476. The molecule has 0 amide bonds. The minimum atomic E-state index is -0.476. The predicted molar refractivity (Wildman–Crippen MR) is 90.7 cm³/mol. The Bertz CT molecular complexity index is 663. The molecule has 0 saturated carbocycles. The van der Waals surface area contributed by atoms with Gasteiger partial charge in [0.1, 0.15) is 0 Å². The van der Waals surface area contributed by atoms with Crippen LogP contribution in [0.3, 0.4) is 0 Å². The van der Waals surface area contributed by atoms with Gasteiger partial charge in [0.2, 0.25) is 0 Å². The molecule has 99 valence electrons. The first-order valence-electron chi connectivity index (χ1n) is 7.12. The van der Waals surface area contributed by atoms with Crippen molar-refractivity contribution in [1.29, 1.82) is 0 Å². The minimum Gasteiger partial charge on any atom is -0.0801 e. The van der Waals surface area contributed by atoms with E-state index >= 15 is 0 Å². The molecule has 0 aromatic heterocycles. The van der Waals surface area contributed by atoms with Crippen molar-refractivity contribution < 1.29 is 0 Å². The minimum absolute atomic E-state index is 0.476. The van der Waals surface area contributed by atoms with Crippen molar-refractivity contribution in [2.45, 2.75) is 19.5 Å². The van der Waals surface area contributed by atoms with E-state index < -0.39 is 8.80 Å². The standard InChI is InChI=1S/C19H19Si/c1-20(2)18-14-8-13-17(15-9-4-3-5-10-15)19(18)16-11-6-7-12-16/h3-11,13-14H,12H2,1-2H3. The number of hydrogen-bond donors (Lipinski definition) is 0. The number of rotatable bonds is 3. The summed E-state index contributed by atoms with van der Waals surface area (Å²) < 4.78 is 0.